The average Bonchev–Trinajstić information content (AvgIpc) is 0.902. The third kappa shape index (κ3) is 76.6. The van der Waals surface area contributed by atoms with Gasteiger partial charge in [-0.3, -0.25) is 37.3 Å². The van der Waals surface area contributed by atoms with Gasteiger partial charge in [0.2, 0.25) is 0 Å². The van der Waals surface area contributed by atoms with Gasteiger partial charge in [0.1, 0.15) is 19.3 Å². The Morgan fingerprint density at radius 1 is 0.274 bits per heavy atom. The van der Waals surface area contributed by atoms with E-state index in [0.717, 1.165) is 148 Å². The molecule has 0 aliphatic rings. The number of hydrogen-bond donors (Lipinski definition) is 3. The van der Waals surface area contributed by atoms with E-state index in [-0.39, 0.29) is 25.7 Å². The van der Waals surface area contributed by atoms with Crippen molar-refractivity contribution in [3.05, 3.63) is 170 Å². The van der Waals surface area contributed by atoms with Crippen molar-refractivity contribution in [1.29, 1.82) is 0 Å². The average molecular weight is 1520 g/mol. The highest BCUT2D eigenvalue weighted by Gasteiger charge is 2.30. The van der Waals surface area contributed by atoms with Gasteiger partial charge in [0, 0.05) is 25.7 Å². The van der Waals surface area contributed by atoms with Crippen LogP contribution in [0.3, 0.4) is 0 Å². The number of unbranched alkanes of at least 4 members (excludes halogenated alkanes) is 20. The Hall–Kier alpha value is -5.58. The SMILES string of the molecule is CCC=CCC=CCC=CCC=CCC=CCC=CCCC(=O)OC(COC(=O)CCCC=CCC=CCC=CCC=CCCCCC)COP(=O)(O)OCC(O)COP(=O)(O)OCC(COC(=O)CCCCCCCC=CCC=CCCCCC)OC(=O)CCCCCCCC=CCC=CCCCCC. The molecule has 0 radical (unpaired) electrons. The summed E-state index contributed by atoms with van der Waals surface area (Å²) >= 11 is 0. The molecule has 0 aromatic heterocycles. The predicted octanol–water partition coefficient (Wildman–Crippen LogP) is 23.8. The van der Waals surface area contributed by atoms with Gasteiger partial charge < -0.3 is 33.8 Å². The van der Waals surface area contributed by atoms with E-state index in [1.807, 2.05) is 30.4 Å². The number of carbonyl (C=O) groups excluding carboxylic acids is 4. The Kier molecular flexibility index (Phi) is 73.5. The van der Waals surface area contributed by atoms with Crippen molar-refractivity contribution >= 4 is 39.5 Å². The molecule has 17 nitrogen and oxygen atoms in total. The normalized spacial score (nSPS) is 14.7. The minimum atomic E-state index is -5.02. The van der Waals surface area contributed by atoms with E-state index in [1.165, 1.54) is 57.8 Å². The number of esters is 4. The molecule has 0 aromatic rings. The fraction of sp³-hybridized carbons (Fsp3) is 0.632. The zero-order valence-corrected chi connectivity index (χ0v) is 67.6. The number of phosphoric acid groups is 2. The molecule has 0 fully saturated rings. The Morgan fingerprint density at radius 3 is 0.849 bits per heavy atom. The highest BCUT2D eigenvalue weighted by molar-refractivity contribution is 7.47. The molecule has 19 heteroatoms. The highest BCUT2D eigenvalue weighted by atomic mass is 31.2. The van der Waals surface area contributed by atoms with Crippen molar-refractivity contribution in [2.75, 3.05) is 39.6 Å². The van der Waals surface area contributed by atoms with Gasteiger partial charge in [-0.2, -0.15) is 0 Å². The van der Waals surface area contributed by atoms with E-state index in [1.54, 1.807) is 0 Å². The van der Waals surface area contributed by atoms with Crippen LogP contribution in [0.4, 0.5) is 0 Å². The molecule has 0 spiro atoms. The van der Waals surface area contributed by atoms with E-state index in [4.69, 9.17) is 37.0 Å². The second-order valence-corrected chi connectivity index (χ2v) is 29.2. The molecule has 602 valence electrons. The number of phosphoric ester groups is 2. The van der Waals surface area contributed by atoms with Crippen LogP contribution in [-0.4, -0.2) is 96.7 Å². The summed E-state index contributed by atoms with van der Waals surface area (Å²) in [7, 11) is -10.0. The minimum Gasteiger partial charge on any atom is -0.462 e. The van der Waals surface area contributed by atoms with Gasteiger partial charge in [-0.25, -0.2) is 9.13 Å². The standard InChI is InChI=1S/C87H142O17P2/c1-5-9-13-17-21-25-29-33-37-39-40-42-46-50-54-58-62-66-70-74-87(92)104-83(78-98-85(90)72-68-64-60-56-52-48-45-41-38-34-30-26-22-18-14-10-6-2)80-102-106(95,96)100-76-81(88)75-99-105(93,94)101-79-82(103-86(91)73-69-65-61-57-53-49-44-36-32-28-24-20-16-12-8-4)77-97-84(89)71-67-63-59-55-51-47-43-35-31-27-23-19-15-11-7-3/h9,13,21-28,33-38,40,42-45,48,50,54,56,60,62,66,81-83,88H,5-8,10-12,14-20,29-32,39,41,46-47,49,51-53,55,57-59,61,63-65,67-80H2,1-4H3,(H,93,94)(H,95,96). The van der Waals surface area contributed by atoms with Gasteiger partial charge in [-0.05, 0) is 167 Å². The van der Waals surface area contributed by atoms with Crippen LogP contribution in [0.5, 0.6) is 0 Å². The summed E-state index contributed by atoms with van der Waals surface area (Å²) < 4.78 is 68.5. The van der Waals surface area contributed by atoms with Crippen molar-refractivity contribution in [2.45, 2.75) is 316 Å². The lowest BCUT2D eigenvalue weighted by Crippen LogP contribution is -2.30. The van der Waals surface area contributed by atoms with Crippen molar-refractivity contribution in [3.63, 3.8) is 0 Å². The summed E-state index contributed by atoms with van der Waals surface area (Å²) in [6.07, 6.45) is 92.1. The number of hydrogen-bond acceptors (Lipinski definition) is 15. The topological polar surface area (TPSA) is 237 Å². The Labute approximate surface area is 642 Å². The molecule has 0 aliphatic heterocycles. The first-order valence-electron chi connectivity index (χ1n) is 40.4. The minimum absolute atomic E-state index is 0.0486. The number of allylic oxidation sites excluding steroid dienone is 28. The number of aliphatic hydroxyl groups is 1. The third-order valence-corrected chi connectivity index (χ3v) is 18.0. The molecule has 0 amide bonds. The number of rotatable bonds is 74. The van der Waals surface area contributed by atoms with E-state index in [2.05, 4.69) is 167 Å². The lowest BCUT2D eigenvalue weighted by Gasteiger charge is -2.21. The van der Waals surface area contributed by atoms with Crippen LogP contribution in [0, 0.1) is 0 Å². The van der Waals surface area contributed by atoms with Crippen LogP contribution >= 0.6 is 15.6 Å². The number of ether oxygens (including phenoxy) is 4. The van der Waals surface area contributed by atoms with Crippen LogP contribution in [0.1, 0.15) is 297 Å². The van der Waals surface area contributed by atoms with Gasteiger partial charge in [-0.1, -0.05) is 275 Å². The Morgan fingerprint density at radius 2 is 0.519 bits per heavy atom. The maximum atomic E-state index is 13.1. The highest BCUT2D eigenvalue weighted by Crippen LogP contribution is 2.45. The third-order valence-electron chi connectivity index (χ3n) is 16.1. The van der Waals surface area contributed by atoms with Crippen molar-refractivity contribution in [2.24, 2.45) is 0 Å². The van der Waals surface area contributed by atoms with Crippen LogP contribution in [0.15, 0.2) is 170 Å². The van der Waals surface area contributed by atoms with Gasteiger partial charge >= 0.3 is 39.5 Å². The molecule has 0 saturated carbocycles. The van der Waals surface area contributed by atoms with Crippen LogP contribution in [0.2, 0.25) is 0 Å². The molecule has 3 N–H and O–H groups in total. The fourth-order valence-corrected chi connectivity index (χ4v) is 11.6. The Bertz CT molecular complexity index is 2680. The van der Waals surface area contributed by atoms with Crippen molar-refractivity contribution < 1.29 is 80.2 Å². The molecule has 0 aliphatic carbocycles. The molecule has 0 bridgehead atoms. The molecule has 5 unspecified atom stereocenters. The second-order valence-electron chi connectivity index (χ2n) is 26.3. The fourth-order valence-electron chi connectivity index (χ4n) is 10.0. The monoisotopic (exact) mass is 1520 g/mol. The van der Waals surface area contributed by atoms with Crippen molar-refractivity contribution in [3.8, 4) is 0 Å². The van der Waals surface area contributed by atoms with Crippen LogP contribution < -0.4 is 0 Å². The first-order valence-corrected chi connectivity index (χ1v) is 43.4. The first-order chi connectivity index (χ1) is 51.7. The summed E-state index contributed by atoms with van der Waals surface area (Å²) in [5.74, 6) is -2.38. The molecule has 5 atom stereocenters. The zero-order chi connectivity index (χ0) is 77.4. The van der Waals surface area contributed by atoms with Crippen molar-refractivity contribution in [1.82, 2.24) is 0 Å². The molecule has 0 heterocycles. The molecule has 0 saturated heterocycles. The van der Waals surface area contributed by atoms with Gasteiger partial charge in [0.15, 0.2) is 12.2 Å². The quantitative estimate of drug-likeness (QED) is 0.0169. The summed E-state index contributed by atoms with van der Waals surface area (Å²) in [6, 6.07) is 0. The predicted molar refractivity (Wildman–Crippen MR) is 436 cm³/mol. The largest absolute Gasteiger partial charge is 0.472 e. The molecule has 0 rings (SSSR count). The van der Waals surface area contributed by atoms with E-state index in [0.29, 0.717) is 38.5 Å². The zero-order valence-electron chi connectivity index (χ0n) is 65.8. The lowest BCUT2D eigenvalue weighted by atomic mass is 10.1. The molecule has 106 heavy (non-hydrogen) atoms. The maximum Gasteiger partial charge on any atom is 0.472 e. The maximum absolute atomic E-state index is 13.1. The summed E-state index contributed by atoms with van der Waals surface area (Å²) in [4.78, 5) is 73.0. The van der Waals surface area contributed by atoms with Gasteiger partial charge in [0.25, 0.3) is 0 Å². The number of carbonyl (C=O) groups is 4. The van der Waals surface area contributed by atoms with E-state index < -0.39 is 97.5 Å². The van der Waals surface area contributed by atoms with E-state index in [9.17, 15) is 43.2 Å². The molecular weight excluding hydrogens is 1380 g/mol. The second kappa shape index (κ2) is 77.6. The molecular formula is C87H142O17P2. The molecule has 0 aromatic carbocycles. The first kappa shape index (κ1) is 100. The summed E-state index contributed by atoms with van der Waals surface area (Å²) in [5.41, 5.74) is 0. The summed E-state index contributed by atoms with van der Waals surface area (Å²) in [5, 5.41) is 10.6. The van der Waals surface area contributed by atoms with Gasteiger partial charge in [0.05, 0.1) is 26.4 Å². The van der Waals surface area contributed by atoms with Gasteiger partial charge in [-0.15, -0.1) is 0 Å². The Balaban J connectivity index is 5.53. The summed E-state index contributed by atoms with van der Waals surface area (Å²) in [6.45, 7) is 4.49. The number of aliphatic hydroxyl groups excluding tert-OH is 1. The van der Waals surface area contributed by atoms with E-state index >= 15 is 0 Å². The lowest BCUT2D eigenvalue weighted by molar-refractivity contribution is -0.161. The van der Waals surface area contributed by atoms with Crippen LogP contribution in [-0.2, 0) is 65.4 Å². The smallest absolute Gasteiger partial charge is 0.462 e. The van der Waals surface area contributed by atoms with Crippen LogP contribution in [0.25, 0.3) is 0 Å².